The highest BCUT2D eigenvalue weighted by Crippen LogP contribution is 2.32. The number of hydrogen-bond acceptors (Lipinski definition) is 0. The summed E-state index contributed by atoms with van der Waals surface area (Å²) >= 11 is 0. The van der Waals surface area contributed by atoms with Crippen molar-refractivity contribution in [2.24, 2.45) is 0 Å². The van der Waals surface area contributed by atoms with Crippen LogP contribution in [0.1, 0.15) is 50.2 Å². The lowest BCUT2D eigenvalue weighted by molar-refractivity contribution is 0.632. The Kier molecular flexibility index (Phi) is 6.66. The Hall–Kier alpha value is -2.34. The maximum Gasteiger partial charge on any atom is -0.00266 e. The van der Waals surface area contributed by atoms with Crippen molar-refractivity contribution in [2.45, 2.75) is 52.4 Å². The molecule has 26 heavy (non-hydrogen) atoms. The molecule has 0 atom stereocenters. The second-order valence-electron chi connectivity index (χ2n) is 7.19. The molecule has 0 aromatic heterocycles. The number of aryl methyl sites for hydroxylation is 2. The van der Waals surface area contributed by atoms with Gasteiger partial charge in [-0.15, -0.1) is 0 Å². The molecule has 0 saturated carbocycles. The molecule has 133 valence electrons. The van der Waals surface area contributed by atoms with Crippen molar-refractivity contribution in [3.63, 3.8) is 0 Å². The van der Waals surface area contributed by atoms with Crippen molar-refractivity contribution in [3.05, 3.63) is 83.9 Å². The minimum atomic E-state index is 1.18. The van der Waals surface area contributed by atoms with E-state index in [-0.39, 0.29) is 0 Å². The fourth-order valence-electron chi connectivity index (χ4n) is 3.42. The Morgan fingerprint density at radius 1 is 0.731 bits per heavy atom. The van der Waals surface area contributed by atoms with Gasteiger partial charge in [-0.3, -0.25) is 0 Å². The summed E-state index contributed by atoms with van der Waals surface area (Å²) in [6.45, 7) is 4.39. The average molecular weight is 342 g/mol. The largest absolute Gasteiger partial charge is 0.0654 e. The van der Waals surface area contributed by atoms with Gasteiger partial charge in [-0.1, -0.05) is 105 Å². The van der Waals surface area contributed by atoms with Gasteiger partial charge in [0, 0.05) is 0 Å². The summed E-state index contributed by atoms with van der Waals surface area (Å²) in [5.41, 5.74) is 7.67. The van der Waals surface area contributed by atoms with Crippen LogP contribution in [-0.2, 0) is 6.42 Å². The smallest absolute Gasteiger partial charge is 0.00266 e. The van der Waals surface area contributed by atoms with E-state index in [0.29, 0.717) is 0 Å². The van der Waals surface area contributed by atoms with Crippen molar-refractivity contribution in [3.8, 4) is 22.3 Å². The molecule has 0 unspecified atom stereocenters. The van der Waals surface area contributed by atoms with E-state index in [4.69, 9.17) is 0 Å². The number of unbranched alkanes of at least 4 members (excludes halogenated alkanes) is 4. The van der Waals surface area contributed by atoms with Crippen LogP contribution in [0.5, 0.6) is 0 Å². The predicted octanol–water partition coefficient (Wildman–Crippen LogP) is 7.64. The molecule has 0 bridgehead atoms. The molecule has 1 radical (unpaired) electrons. The van der Waals surface area contributed by atoms with Crippen LogP contribution in [0.25, 0.3) is 22.3 Å². The Labute approximate surface area is 158 Å². The standard InChI is InChI=1S/C26H29/c1-3-4-5-6-7-10-22-15-19-24(20-16-22)26-12-9-8-11-25(26)23-17-13-21(2)14-18-23/h8-9,12-20H,3-7,10H2,1-2H3. The van der Waals surface area contributed by atoms with Crippen LogP contribution in [-0.4, -0.2) is 0 Å². The number of hydrogen-bond donors (Lipinski definition) is 0. The van der Waals surface area contributed by atoms with Crippen molar-refractivity contribution in [2.75, 3.05) is 0 Å². The summed E-state index contributed by atoms with van der Waals surface area (Å²) in [5, 5.41) is 0. The van der Waals surface area contributed by atoms with Gasteiger partial charge in [-0.05, 0) is 53.6 Å². The third-order valence-corrected chi connectivity index (χ3v) is 5.03. The Bertz CT molecular complexity index is 794. The second-order valence-corrected chi connectivity index (χ2v) is 7.19. The van der Waals surface area contributed by atoms with Crippen molar-refractivity contribution in [1.29, 1.82) is 0 Å². The first kappa shape index (κ1) is 18.5. The molecule has 0 nitrogen and oxygen atoms in total. The third-order valence-electron chi connectivity index (χ3n) is 5.03. The summed E-state index contributed by atoms with van der Waals surface area (Å²) in [4.78, 5) is 0. The molecule has 3 aromatic carbocycles. The number of rotatable bonds is 8. The maximum atomic E-state index is 3.44. The monoisotopic (exact) mass is 341 g/mol. The molecule has 0 heterocycles. The lowest BCUT2D eigenvalue weighted by Gasteiger charge is -2.11. The first-order valence-electron chi connectivity index (χ1n) is 9.95. The lowest BCUT2D eigenvalue weighted by Crippen LogP contribution is -1.89. The van der Waals surface area contributed by atoms with Gasteiger partial charge in [0.25, 0.3) is 0 Å². The van der Waals surface area contributed by atoms with Gasteiger partial charge in [0.15, 0.2) is 0 Å². The molecule has 0 aliphatic rings. The molecule has 0 N–H and O–H groups in total. The highest BCUT2D eigenvalue weighted by molar-refractivity contribution is 5.83. The first-order valence-corrected chi connectivity index (χ1v) is 9.95. The highest BCUT2D eigenvalue weighted by Gasteiger charge is 2.07. The van der Waals surface area contributed by atoms with Crippen LogP contribution < -0.4 is 0 Å². The van der Waals surface area contributed by atoms with Crippen LogP contribution in [0, 0.1) is 13.0 Å². The SMILES string of the molecule is CCCCCCCc1ccc(-c2ccc[c]c2-c2ccc(C)cc2)cc1. The Morgan fingerprint density at radius 3 is 2.15 bits per heavy atom. The molecular weight excluding hydrogens is 312 g/mol. The van der Waals surface area contributed by atoms with E-state index >= 15 is 0 Å². The van der Waals surface area contributed by atoms with Crippen LogP contribution in [0.2, 0.25) is 0 Å². The molecular formula is C26H29. The fraction of sp³-hybridized carbons (Fsp3) is 0.308. The normalized spacial score (nSPS) is 10.8. The number of benzene rings is 3. The van der Waals surface area contributed by atoms with Gasteiger partial charge in [0.2, 0.25) is 0 Å². The van der Waals surface area contributed by atoms with Gasteiger partial charge < -0.3 is 0 Å². The van der Waals surface area contributed by atoms with E-state index in [1.54, 1.807) is 0 Å². The average Bonchev–Trinajstić information content (AvgIpc) is 2.69. The van der Waals surface area contributed by atoms with Crippen LogP contribution in [0.3, 0.4) is 0 Å². The van der Waals surface area contributed by atoms with E-state index in [2.05, 4.69) is 80.6 Å². The minimum absolute atomic E-state index is 1.18. The summed E-state index contributed by atoms with van der Waals surface area (Å²) in [6, 6.07) is 27.6. The lowest BCUT2D eigenvalue weighted by atomic mass is 9.93. The van der Waals surface area contributed by atoms with Crippen LogP contribution >= 0.6 is 0 Å². The first-order chi connectivity index (χ1) is 12.8. The van der Waals surface area contributed by atoms with E-state index in [1.807, 2.05) is 6.07 Å². The van der Waals surface area contributed by atoms with Gasteiger partial charge >= 0.3 is 0 Å². The Morgan fingerprint density at radius 2 is 1.42 bits per heavy atom. The zero-order chi connectivity index (χ0) is 18.2. The van der Waals surface area contributed by atoms with Crippen molar-refractivity contribution in [1.82, 2.24) is 0 Å². The molecule has 0 fully saturated rings. The van der Waals surface area contributed by atoms with Gasteiger partial charge in [-0.25, -0.2) is 0 Å². The quantitative estimate of drug-likeness (QED) is 0.369. The molecule has 0 heteroatoms. The summed E-state index contributed by atoms with van der Waals surface area (Å²) in [5.74, 6) is 0. The van der Waals surface area contributed by atoms with Gasteiger partial charge in [0.1, 0.15) is 0 Å². The maximum absolute atomic E-state index is 3.44. The molecule has 0 amide bonds. The van der Waals surface area contributed by atoms with Gasteiger partial charge in [-0.2, -0.15) is 0 Å². The fourth-order valence-corrected chi connectivity index (χ4v) is 3.42. The molecule has 0 aliphatic carbocycles. The Balaban J connectivity index is 1.74. The summed E-state index contributed by atoms with van der Waals surface area (Å²) < 4.78 is 0. The summed E-state index contributed by atoms with van der Waals surface area (Å²) in [7, 11) is 0. The van der Waals surface area contributed by atoms with E-state index in [9.17, 15) is 0 Å². The molecule has 3 rings (SSSR count). The topological polar surface area (TPSA) is 0 Å². The van der Waals surface area contributed by atoms with Crippen LogP contribution in [0.4, 0.5) is 0 Å². The third kappa shape index (κ3) is 4.85. The van der Waals surface area contributed by atoms with Crippen molar-refractivity contribution < 1.29 is 0 Å². The van der Waals surface area contributed by atoms with E-state index in [1.165, 1.54) is 71.9 Å². The minimum Gasteiger partial charge on any atom is -0.0654 e. The molecule has 0 spiro atoms. The predicted molar refractivity (Wildman–Crippen MR) is 113 cm³/mol. The van der Waals surface area contributed by atoms with Crippen LogP contribution in [0.15, 0.2) is 66.7 Å². The zero-order valence-corrected chi connectivity index (χ0v) is 16.1. The summed E-state index contributed by atoms with van der Waals surface area (Å²) in [6.07, 6.45) is 7.88. The van der Waals surface area contributed by atoms with E-state index < -0.39 is 0 Å². The molecule has 0 saturated heterocycles. The molecule has 0 aliphatic heterocycles. The van der Waals surface area contributed by atoms with E-state index in [0.717, 1.165) is 0 Å². The second kappa shape index (κ2) is 9.38. The van der Waals surface area contributed by atoms with Gasteiger partial charge in [0.05, 0.1) is 0 Å². The molecule has 3 aromatic rings. The zero-order valence-electron chi connectivity index (χ0n) is 16.1. The van der Waals surface area contributed by atoms with Crippen molar-refractivity contribution >= 4 is 0 Å². The highest BCUT2D eigenvalue weighted by atomic mass is 14.1.